The molecule has 0 aliphatic carbocycles. The first-order chi connectivity index (χ1) is 12.4. The van der Waals surface area contributed by atoms with E-state index in [0.29, 0.717) is 32.8 Å². The molecule has 1 saturated heterocycles. The van der Waals surface area contributed by atoms with Gasteiger partial charge in [-0.05, 0) is 55.2 Å². The minimum absolute atomic E-state index is 0.00111. The van der Waals surface area contributed by atoms with Gasteiger partial charge in [-0.2, -0.15) is 0 Å². The topological polar surface area (TPSA) is 49.4 Å². The Balaban J connectivity index is 1.72. The van der Waals surface area contributed by atoms with E-state index in [9.17, 15) is 9.59 Å². The van der Waals surface area contributed by atoms with Crippen molar-refractivity contribution in [2.24, 2.45) is 5.92 Å². The number of carbonyl (C=O) groups excluding carboxylic acids is 2. The standard InChI is InChI=1S/C20H20Cl2N2O2/c1-13-5-7-24(8-6-13)20(26)14-3-2-4-18(11-14)23-19(25)15-9-16(21)12-17(22)10-15/h2-4,9-13H,5-8H2,1H3,(H,23,25). The molecular weight excluding hydrogens is 371 g/mol. The van der Waals surface area contributed by atoms with Crippen LogP contribution in [-0.4, -0.2) is 29.8 Å². The van der Waals surface area contributed by atoms with E-state index in [1.807, 2.05) is 4.90 Å². The highest BCUT2D eigenvalue weighted by Gasteiger charge is 2.21. The quantitative estimate of drug-likeness (QED) is 0.790. The van der Waals surface area contributed by atoms with Gasteiger partial charge in [-0.25, -0.2) is 0 Å². The van der Waals surface area contributed by atoms with Crippen LogP contribution in [0.5, 0.6) is 0 Å². The summed E-state index contributed by atoms with van der Waals surface area (Å²) in [4.78, 5) is 27.0. The molecule has 1 N–H and O–H groups in total. The fourth-order valence-electron chi connectivity index (χ4n) is 3.01. The average Bonchev–Trinajstić information content (AvgIpc) is 2.61. The first kappa shape index (κ1) is 18.7. The first-order valence-electron chi connectivity index (χ1n) is 8.59. The van der Waals surface area contributed by atoms with Gasteiger partial charge in [0.1, 0.15) is 0 Å². The highest BCUT2D eigenvalue weighted by molar-refractivity contribution is 6.35. The fraction of sp³-hybridized carbons (Fsp3) is 0.300. The van der Waals surface area contributed by atoms with Crippen molar-refractivity contribution < 1.29 is 9.59 Å². The van der Waals surface area contributed by atoms with Crippen LogP contribution in [0.3, 0.4) is 0 Å². The maximum Gasteiger partial charge on any atom is 0.255 e. The molecule has 2 aromatic carbocycles. The molecule has 26 heavy (non-hydrogen) atoms. The maximum absolute atomic E-state index is 12.7. The number of rotatable bonds is 3. The van der Waals surface area contributed by atoms with E-state index < -0.39 is 0 Å². The summed E-state index contributed by atoms with van der Waals surface area (Å²) >= 11 is 11.9. The van der Waals surface area contributed by atoms with E-state index in [1.165, 1.54) is 0 Å². The highest BCUT2D eigenvalue weighted by Crippen LogP contribution is 2.22. The predicted molar refractivity (Wildman–Crippen MR) is 105 cm³/mol. The maximum atomic E-state index is 12.7. The number of carbonyl (C=O) groups is 2. The molecule has 0 bridgehead atoms. The third-order valence-electron chi connectivity index (χ3n) is 4.56. The zero-order chi connectivity index (χ0) is 18.7. The van der Waals surface area contributed by atoms with Gasteiger partial charge in [0.05, 0.1) is 0 Å². The largest absolute Gasteiger partial charge is 0.339 e. The molecule has 1 heterocycles. The molecule has 4 nitrogen and oxygen atoms in total. The van der Waals surface area contributed by atoms with Crippen LogP contribution in [0, 0.1) is 5.92 Å². The number of amides is 2. The Morgan fingerprint density at radius 2 is 1.65 bits per heavy atom. The number of likely N-dealkylation sites (tertiary alicyclic amines) is 1. The Morgan fingerprint density at radius 3 is 2.31 bits per heavy atom. The summed E-state index contributed by atoms with van der Waals surface area (Å²) in [5.74, 6) is 0.332. The molecule has 0 unspecified atom stereocenters. The second kappa shape index (κ2) is 8.11. The van der Waals surface area contributed by atoms with Crippen molar-refractivity contribution in [3.8, 4) is 0 Å². The summed E-state index contributed by atoms with van der Waals surface area (Å²) < 4.78 is 0. The lowest BCUT2D eigenvalue weighted by Crippen LogP contribution is -2.37. The number of benzene rings is 2. The van der Waals surface area contributed by atoms with E-state index in [0.717, 1.165) is 25.9 Å². The van der Waals surface area contributed by atoms with Crippen LogP contribution in [0.1, 0.15) is 40.5 Å². The van der Waals surface area contributed by atoms with Gasteiger partial charge in [-0.1, -0.05) is 36.2 Å². The van der Waals surface area contributed by atoms with Crippen molar-refractivity contribution in [3.63, 3.8) is 0 Å². The average molecular weight is 391 g/mol. The van der Waals surface area contributed by atoms with Crippen molar-refractivity contribution in [1.29, 1.82) is 0 Å². The molecule has 2 aromatic rings. The van der Waals surface area contributed by atoms with Crippen molar-refractivity contribution in [2.75, 3.05) is 18.4 Å². The molecule has 1 fully saturated rings. The molecule has 1 aliphatic rings. The Labute approximate surface area is 163 Å². The summed E-state index contributed by atoms with van der Waals surface area (Å²) in [5, 5.41) is 3.58. The lowest BCUT2D eigenvalue weighted by molar-refractivity contribution is 0.0697. The van der Waals surface area contributed by atoms with Crippen LogP contribution in [0.4, 0.5) is 5.69 Å². The number of anilines is 1. The Bertz CT molecular complexity index is 810. The van der Waals surface area contributed by atoms with E-state index >= 15 is 0 Å². The normalized spacial score (nSPS) is 15.0. The number of halogens is 2. The van der Waals surface area contributed by atoms with Crippen molar-refractivity contribution in [2.45, 2.75) is 19.8 Å². The third kappa shape index (κ3) is 4.57. The highest BCUT2D eigenvalue weighted by atomic mass is 35.5. The fourth-order valence-corrected chi connectivity index (χ4v) is 3.54. The SMILES string of the molecule is CC1CCN(C(=O)c2cccc(NC(=O)c3cc(Cl)cc(Cl)c3)c2)CC1. The number of nitrogens with one attached hydrogen (secondary N) is 1. The molecule has 1 aliphatic heterocycles. The van der Waals surface area contributed by atoms with E-state index in [2.05, 4.69) is 12.2 Å². The third-order valence-corrected chi connectivity index (χ3v) is 5.00. The van der Waals surface area contributed by atoms with Gasteiger partial charge in [-0.15, -0.1) is 0 Å². The van der Waals surface area contributed by atoms with Crippen LogP contribution in [0.2, 0.25) is 10.0 Å². The van der Waals surface area contributed by atoms with Crippen molar-refractivity contribution in [1.82, 2.24) is 4.90 Å². The van der Waals surface area contributed by atoms with Crippen LogP contribution < -0.4 is 5.32 Å². The minimum Gasteiger partial charge on any atom is -0.339 e. The van der Waals surface area contributed by atoms with Crippen LogP contribution >= 0.6 is 23.2 Å². The lowest BCUT2D eigenvalue weighted by Gasteiger charge is -2.30. The van der Waals surface area contributed by atoms with Gasteiger partial charge in [-0.3, -0.25) is 9.59 Å². The van der Waals surface area contributed by atoms with E-state index in [1.54, 1.807) is 42.5 Å². The van der Waals surface area contributed by atoms with Gasteiger partial charge >= 0.3 is 0 Å². The smallest absolute Gasteiger partial charge is 0.255 e. The molecule has 0 saturated carbocycles. The second-order valence-electron chi connectivity index (χ2n) is 6.67. The van der Waals surface area contributed by atoms with Gasteiger partial charge in [0.25, 0.3) is 11.8 Å². The number of hydrogen-bond donors (Lipinski definition) is 1. The molecule has 136 valence electrons. The molecule has 2 amide bonds. The zero-order valence-electron chi connectivity index (χ0n) is 14.5. The monoisotopic (exact) mass is 390 g/mol. The van der Waals surface area contributed by atoms with Crippen molar-refractivity contribution in [3.05, 3.63) is 63.6 Å². The lowest BCUT2D eigenvalue weighted by atomic mass is 9.98. The zero-order valence-corrected chi connectivity index (χ0v) is 16.0. The van der Waals surface area contributed by atoms with E-state index in [4.69, 9.17) is 23.2 Å². The molecule has 3 rings (SSSR count). The molecular formula is C20H20Cl2N2O2. The van der Waals surface area contributed by atoms with Gasteiger partial charge < -0.3 is 10.2 Å². The molecule has 0 radical (unpaired) electrons. The summed E-state index contributed by atoms with van der Waals surface area (Å²) in [6.45, 7) is 3.76. The Kier molecular flexibility index (Phi) is 5.84. The minimum atomic E-state index is -0.328. The van der Waals surface area contributed by atoms with Crippen molar-refractivity contribution >= 4 is 40.7 Å². The van der Waals surface area contributed by atoms with Gasteiger partial charge in [0, 0.05) is 39.9 Å². The number of hydrogen-bond acceptors (Lipinski definition) is 2. The summed E-state index contributed by atoms with van der Waals surface area (Å²) in [5.41, 5.74) is 1.49. The van der Waals surface area contributed by atoms with Gasteiger partial charge in [0.15, 0.2) is 0 Å². The summed E-state index contributed by atoms with van der Waals surface area (Å²) in [6, 6.07) is 11.6. The predicted octanol–water partition coefficient (Wildman–Crippen LogP) is 5.12. The van der Waals surface area contributed by atoms with E-state index in [-0.39, 0.29) is 11.8 Å². The van der Waals surface area contributed by atoms with Crippen LogP contribution in [0.15, 0.2) is 42.5 Å². The molecule has 0 atom stereocenters. The molecule has 0 spiro atoms. The Morgan fingerprint density at radius 1 is 1.00 bits per heavy atom. The second-order valence-corrected chi connectivity index (χ2v) is 7.54. The van der Waals surface area contributed by atoms with Crippen LogP contribution in [-0.2, 0) is 0 Å². The van der Waals surface area contributed by atoms with Gasteiger partial charge in [0.2, 0.25) is 0 Å². The summed E-state index contributed by atoms with van der Waals surface area (Å²) in [7, 11) is 0. The van der Waals surface area contributed by atoms with Crippen LogP contribution in [0.25, 0.3) is 0 Å². The number of nitrogens with zero attached hydrogens (tertiary/aromatic N) is 1. The number of piperidine rings is 1. The summed E-state index contributed by atoms with van der Waals surface area (Å²) in [6.07, 6.45) is 2.05. The molecule has 6 heteroatoms. The molecule has 0 aromatic heterocycles. The first-order valence-corrected chi connectivity index (χ1v) is 9.35. The Hall–Kier alpha value is -2.04.